The summed E-state index contributed by atoms with van der Waals surface area (Å²) in [4.78, 5) is 16.7. The molecule has 0 aliphatic rings. The second-order valence-electron chi connectivity index (χ2n) is 5.74. The van der Waals surface area contributed by atoms with Gasteiger partial charge in [-0.1, -0.05) is 6.07 Å². The van der Waals surface area contributed by atoms with Crippen molar-refractivity contribution in [2.75, 3.05) is 0 Å². The van der Waals surface area contributed by atoms with Crippen molar-refractivity contribution in [1.29, 1.82) is 0 Å². The SMILES string of the molecule is O=C(NCc1cncc(-c2ccco2)c1)c1cccc(-n2cccn2)c1. The van der Waals surface area contributed by atoms with Crippen LogP contribution in [0, 0.1) is 0 Å². The number of nitrogens with zero attached hydrogens (tertiary/aromatic N) is 3. The second-order valence-corrected chi connectivity index (χ2v) is 5.74. The maximum absolute atomic E-state index is 12.5. The molecule has 0 bridgehead atoms. The van der Waals surface area contributed by atoms with E-state index >= 15 is 0 Å². The first-order valence-corrected chi connectivity index (χ1v) is 8.16. The fraction of sp³-hybridized carbons (Fsp3) is 0.0500. The second kappa shape index (κ2) is 7.06. The van der Waals surface area contributed by atoms with E-state index in [0.29, 0.717) is 12.1 Å². The molecule has 4 aromatic rings. The lowest BCUT2D eigenvalue weighted by Crippen LogP contribution is -2.23. The molecule has 0 spiro atoms. The van der Waals surface area contributed by atoms with Crippen molar-refractivity contribution in [2.24, 2.45) is 0 Å². The molecule has 1 aromatic carbocycles. The summed E-state index contributed by atoms with van der Waals surface area (Å²) in [5, 5.41) is 7.10. The maximum atomic E-state index is 12.5. The van der Waals surface area contributed by atoms with Gasteiger partial charge >= 0.3 is 0 Å². The van der Waals surface area contributed by atoms with Crippen LogP contribution in [0.15, 0.2) is 84.0 Å². The van der Waals surface area contributed by atoms with Crippen molar-refractivity contribution >= 4 is 5.91 Å². The van der Waals surface area contributed by atoms with E-state index in [1.807, 2.05) is 42.6 Å². The zero-order chi connectivity index (χ0) is 17.8. The fourth-order valence-electron chi connectivity index (χ4n) is 2.66. The molecule has 0 saturated heterocycles. The van der Waals surface area contributed by atoms with Crippen molar-refractivity contribution in [3.05, 3.63) is 90.7 Å². The first-order chi connectivity index (χ1) is 12.8. The summed E-state index contributed by atoms with van der Waals surface area (Å²) in [5.41, 5.74) is 3.19. The summed E-state index contributed by atoms with van der Waals surface area (Å²) >= 11 is 0. The lowest BCUT2D eigenvalue weighted by atomic mass is 10.1. The number of hydrogen-bond donors (Lipinski definition) is 1. The topological polar surface area (TPSA) is 73.0 Å². The summed E-state index contributed by atoms with van der Waals surface area (Å²) in [5.74, 6) is 0.597. The minimum absolute atomic E-state index is 0.151. The Morgan fingerprint density at radius 2 is 2.08 bits per heavy atom. The Balaban J connectivity index is 1.46. The number of amides is 1. The van der Waals surface area contributed by atoms with Crippen LogP contribution in [0.25, 0.3) is 17.0 Å². The summed E-state index contributed by atoms with van der Waals surface area (Å²) in [6.07, 6.45) is 8.62. The minimum Gasteiger partial charge on any atom is -0.464 e. The van der Waals surface area contributed by atoms with Crippen molar-refractivity contribution < 1.29 is 9.21 Å². The Hall–Kier alpha value is -3.67. The molecule has 128 valence electrons. The minimum atomic E-state index is -0.151. The van der Waals surface area contributed by atoms with E-state index in [2.05, 4.69) is 15.4 Å². The van der Waals surface area contributed by atoms with Crippen LogP contribution in [-0.4, -0.2) is 20.7 Å². The molecule has 0 radical (unpaired) electrons. The molecule has 3 aromatic heterocycles. The largest absolute Gasteiger partial charge is 0.464 e. The van der Waals surface area contributed by atoms with Crippen LogP contribution in [0.5, 0.6) is 0 Å². The van der Waals surface area contributed by atoms with Crippen LogP contribution in [0.4, 0.5) is 0 Å². The van der Waals surface area contributed by atoms with Gasteiger partial charge < -0.3 is 9.73 Å². The summed E-state index contributed by atoms with van der Waals surface area (Å²) in [7, 11) is 0. The average Bonchev–Trinajstić information content (AvgIpc) is 3.40. The molecule has 0 aliphatic carbocycles. The fourth-order valence-corrected chi connectivity index (χ4v) is 2.66. The van der Waals surface area contributed by atoms with Gasteiger partial charge in [0.15, 0.2) is 0 Å². The van der Waals surface area contributed by atoms with E-state index in [1.165, 1.54) is 0 Å². The van der Waals surface area contributed by atoms with E-state index in [1.54, 1.807) is 41.7 Å². The zero-order valence-corrected chi connectivity index (χ0v) is 13.9. The third-order valence-electron chi connectivity index (χ3n) is 3.93. The highest BCUT2D eigenvalue weighted by molar-refractivity contribution is 5.94. The van der Waals surface area contributed by atoms with Crippen molar-refractivity contribution in [3.63, 3.8) is 0 Å². The van der Waals surface area contributed by atoms with Gasteiger partial charge in [-0.15, -0.1) is 0 Å². The van der Waals surface area contributed by atoms with Gasteiger partial charge in [0.25, 0.3) is 5.91 Å². The number of furan rings is 1. The number of benzene rings is 1. The monoisotopic (exact) mass is 344 g/mol. The predicted molar refractivity (Wildman–Crippen MR) is 96.7 cm³/mol. The third kappa shape index (κ3) is 3.39. The summed E-state index contributed by atoms with van der Waals surface area (Å²) in [6.45, 7) is 0.381. The van der Waals surface area contributed by atoms with Crippen LogP contribution >= 0.6 is 0 Å². The number of carbonyl (C=O) groups excluding carboxylic acids is 1. The predicted octanol–water partition coefficient (Wildman–Crippen LogP) is 3.46. The standard InChI is InChI=1S/C20H16N4O2/c25-20(16-4-1-5-18(11-16)24-8-3-7-23-24)22-13-15-10-17(14-21-12-15)19-6-2-9-26-19/h1-12,14H,13H2,(H,22,25). The lowest BCUT2D eigenvalue weighted by Gasteiger charge is -2.08. The molecular weight excluding hydrogens is 328 g/mol. The van der Waals surface area contributed by atoms with Crippen molar-refractivity contribution in [3.8, 4) is 17.0 Å². The highest BCUT2D eigenvalue weighted by atomic mass is 16.3. The van der Waals surface area contributed by atoms with Gasteiger partial charge in [0.1, 0.15) is 5.76 Å². The number of carbonyl (C=O) groups is 1. The lowest BCUT2D eigenvalue weighted by molar-refractivity contribution is 0.0951. The van der Waals surface area contributed by atoms with Crippen LogP contribution in [0.1, 0.15) is 15.9 Å². The Morgan fingerprint density at radius 1 is 1.12 bits per heavy atom. The highest BCUT2D eigenvalue weighted by Gasteiger charge is 2.08. The molecule has 0 fully saturated rings. The summed E-state index contributed by atoms with van der Waals surface area (Å²) < 4.78 is 7.10. The van der Waals surface area contributed by atoms with Crippen LogP contribution < -0.4 is 5.32 Å². The van der Waals surface area contributed by atoms with E-state index in [4.69, 9.17) is 4.42 Å². The molecular formula is C20H16N4O2. The van der Waals surface area contributed by atoms with Gasteiger partial charge in [-0.25, -0.2) is 4.68 Å². The molecule has 4 rings (SSSR count). The Labute approximate surface area is 150 Å². The smallest absolute Gasteiger partial charge is 0.251 e. The molecule has 0 unspecified atom stereocenters. The normalized spacial score (nSPS) is 10.6. The van der Waals surface area contributed by atoms with E-state index in [9.17, 15) is 4.79 Å². The number of pyridine rings is 1. The molecule has 3 heterocycles. The van der Waals surface area contributed by atoms with E-state index < -0.39 is 0 Å². The average molecular weight is 344 g/mol. The molecule has 0 aliphatic heterocycles. The maximum Gasteiger partial charge on any atom is 0.251 e. The molecule has 0 atom stereocenters. The Kier molecular flexibility index (Phi) is 4.30. The van der Waals surface area contributed by atoms with Crippen LogP contribution in [-0.2, 0) is 6.54 Å². The first kappa shape index (κ1) is 15.8. The molecule has 1 N–H and O–H groups in total. The van der Waals surface area contributed by atoms with Gasteiger partial charge in [-0.05, 0) is 48.0 Å². The van der Waals surface area contributed by atoms with Gasteiger partial charge in [0.2, 0.25) is 0 Å². The number of nitrogens with one attached hydrogen (secondary N) is 1. The molecule has 26 heavy (non-hydrogen) atoms. The zero-order valence-electron chi connectivity index (χ0n) is 13.9. The van der Waals surface area contributed by atoms with Gasteiger partial charge in [-0.2, -0.15) is 5.10 Å². The van der Waals surface area contributed by atoms with E-state index in [-0.39, 0.29) is 5.91 Å². The third-order valence-corrected chi connectivity index (χ3v) is 3.93. The van der Waals surface area contributed by atoms with Gasteiger partial charge in [-0.3, -0.25) is 9.78 Å². The first-order valence-electron chi connectivity index (χ1n) is 8.16. The Morgan fingerprint density at radius 3 is 2.88 bits per heavy atom. The van der Waals surface area contributed by atoms with Gasteiger partial charge in [0.05, 0.1) is 12.0 Å². The van der Waals surface area contributed by atoms with Crippen molar-refractivity contribution in [2.45, 2.75) is 6.54 Å². The molecule has 6 heteroatoms. The van der Waals surface area contributed by atoms with Gasteiger partial charge in [0, 0.05) is 42.5 Å². The van der Waals surface area contributed by atoms with Crippen LogP contribution in [0.3, 0.4) is 0 Å². The van der Waals surface area contributed by atoms with Crippen LogP contribution in [0.2, 0.25) is 0 Å². The molecule has 6 nitrogen and oxygen atoms in total. The van der Waals surface area contributed by atoms with E-state index in [0.717, 1.165) is 22.6 Å². The Bertz CT molecular complexity index is 1010. The number of aromatic nitrogens is 3. The van der Waals surface area contributed by atoms with Crippen molar-refractivity contribution in [1.82, 2.24) is 20.1 Å². The quantitative estimate of drug-likeness (QED) is 0.602. The number of rotatable bonds is 5. The highest BCUT2D eigenvalue weighted by Crippen LogP contribution is 2.19. The molecule has 1 amide bonds. The summed E-state index contributed by atoms with van der Waals surface area (Å²) in [6, 6.07) is 14.8. The number of hydrogen-bond acceptors (Lipinski definition) is 4. The molecule has 0 saturated carbocycles.